The number of alkyl halides is 3. The van der Waals surface area contributed by atoms with E-state index in [1.54, 1.807) is 6.92 Å². The quantitative estimate of drug-likeness (QED) is 0.817. The van der Waals surface area contributed by atoms with E-state index in [2.05, 4.69) is 9.97 Å². The van der Waals surface area contributed by atoms with Gasteiger partial charge in [0.05, 0.1) is 11.4 Å². The van der Waals surface area contributed by atoms with E-state index in [0.717, 1.165) is 6.33 Å². The van der Waals surface area contributed by atoms with Crippen molar-refractivity contribution in [2.75, 3.05) is 0 Å². The molecule has 0 bridgehead atoms. The molecule has 0 saturated heterocycles. The van der Waals surface area contributed by atoms with Gasteiger partial charge in [0.1, 0.15) is 11.9 Å². The number of nitrogens with one attached hydrogen (secondary N) is 1. The van der Waals surface area contributed by atoms with Crippen LogP contribution in [0.25, 0.3) is 0 Å². The lowest BCUT2D eigenvalue weighted by molar-refractivity contribution is -0.0873. The van der Waals surface area contributed by atoms with Gasteiger partial charge in [0, 0.05) is 11.9 Å². The summed E-state index contributed by atoms with van der Waals surface area (Å²) in [5.74, 6) is -0.446. The Morgan fingerprint density at radius 3 is 2.55 bits per heavy atom. The second-order valence-electron chi connectivity index (χ2n) is 4.49. The summed E-state index contributed by atoms with van der Waals surface area (Å²) in [5.41, 5.74) is 3.40. The van der Waals surface area contributed by atoms with E-state index in [1.807, 2.05) is 6.92 Å². The van der Waals surface area contributed by atoms with Crippen LogP contribution < -0.4 is 5.73 Å². The van der Waals surface area contributed by atoms with Crippen molar-refractivity contribution in [3.8, 4) is 0 Å². The number of allylic oxidation sites excluding steroid dienone is 2. The first kappa shape index (κ1) is 16.1. The van der Waals surface area contributed by atoms with Gasteiger partial charge in [-0.05, 0) is 18.4 Å². The maximum absolute atomic E-state index is 13.2. The first-order valence-corrected chi connectivity index (χ1v) is 6.21. The van der Waals surface area contributed by atoms with Gasteiger partial charge in [0.2, 0.25) is 0 Å². The summed E-state index contributed by atoms with van der Waals surface area (Å²) in [6.07, 6.45) is -1.05. The summed E-state index contributed by atoms with van der Waals surface area (Å²) < 4.78 is 39.6. The monoisotopic (exact) mass is 286 g/mol. The van der Waals surface area contributed by atoms with Crippen molar-refractivity contribution in [3.05, 3.63) is 35.6 Å². The molecule has 110 valence electrons. The zero-order chi connectivity index (χ0) is 15.3. The molecule has 0 fully saturated rings. The molecular weight excluding hydrogens is 269 g/mol. The Morgan fingerprint density at radius 1 is 1.45 bits per heavy atom. The van der Waals surface area contributed by atoms with Crippen molar-refractivity contribution >= 4 is 5.71 Å². The topological polar surface area (TPSA) is 75.7 Å². The molecule has 0 saturated carbocycles. The molecule has 4 nitrogen and oxygen atoms in total. The molecule has 0 radical (unpaired) electrons. The van der Waals surface area contributed by atoms with Crippen LogP contribution in [0.3, 0.4) is 0 Å². The van der Waals surface area contributed by atoms with E-state index < -0.39 is 23.4 Å². The van der Waals surface area contributed by atoms with Gasteiger partial charge >= 0.3 is 6.18 Å². The third kappa shape index (κ3) is 3.79. The lowest BCUT2D eigenvalue weighted by Crippen LogP contribution is -2.28. The Hall–Kier alpha value is -1.92. The average molecular weight is 286 g/mol. The van der Waals surface area contributed by atoms with Crippen LogP contribution in [0.2, 0.25) is 0 Å². The van der Waals surface area contributed by atoms with Gasteiger partial charge in [-0.3, -0.25) is 5.41 Å². The van der Waals surface area contributed by atoms with E-state index in [4.69, 9.17) is 11.1 Å². The molecule has 20 heavy (non-hydrogen) atoms. The van der Waals surface area contributed by atoms with Gasteiger partial charge in [-0.25, -0.2) is 9.97 Å². The SMILES string of the molecule is CCCC(C)C(N)=C(C(=N)c1ccncn1)C(F)(F)F. The Balaban J connectivity index is 3.27. The minimum Gasteiger partial charge on any atom is -0.401 e. The molecule has 0 aliphatic rings. The van der Waals surface area contributed by atoms with Crippen LogP contribution in [-0.2, 0) is 0 Å². The van der Waals surface area contributed by atoms with E-state index in [9.17, 15) is 13.2 Å². The van der Waals surface area contributed by atoms with Crippen molar-refractivity contribution in [2.45, 2.75) is 32.9 Å². The van der Waals surface area contributed by atoms with Crippen LogP contribution in [0, 0.1) is 11.3 Å². The largest absolute Gasteiger partial charge is 0.420 e. The predicted octanol–water partition coefficient (Wildman–Crippen LogP) is 3.06. The molecule has 0 amide bonds. The van der Waals surface area contributed by atoms with E-state index >= 15 is 0 Å². The Kier molecular flexibility index (Phi) is 5.24. The molecule has 3 N–H and O–H groups in total. The number of rotatable bonds is 5. The average Bonchev–Trinajstić information content (AvgIpc) is 2.38. The minimum atomic E-state index is -4.69. The van der Waals surface area contributed by atoms with Crippen molar-refractivity contribution in [3.63, 3.8) is 0 Å². The van der Waals surface area contributed by atoms with Crippen LogP contribution in [0.5, 0.6) is 0 Å². The fraction of sp³-hybridized carbons (Fsp3) is 0.462. The standard InChI is InChI=1S/C13H17F3N4/c1-3-4-8(2)11(17)10(13(14,15)16)12(18)9-5-6-19-7-20-9/h5-8,18H,3-4,17H2,1-2H3. The van der Waals surface area contributed by atoms with Crippen molar-refractivity contribution in [2.24, 2.45) is 11.7 Å². The molecule has 1 heterocycles. The lowest BCUT2D eigenvalue weighted by Gasteiger charge is -2.19. The normalized spacial score (nSPS) is 14.7. The smallest absolute Gasteiger partial charge is 0.401 e. The molecule has 0 spiro atoms. The highest BCUT2D eigenvalue weighted by molar-refractivity contribution is 6.10. The molecule has 1 aromatic rings. The van der Waals surface area contributed by atoms with Gasteiger partial charge < -0.3 is 5.73 Å². The third-order valence-corrected chi connectivity index (χ3v) is 2.91. The number of hydrogen-bond donors (Lipinski definition) is 2. The molecule has 0 aliphatic carbocycles. The summed E-state index contributed by atoms with van der Waals surface area (Å²) >= 11 is 0. The Bertz CT molecular complexity index is 494. The summed E-state index contributed by atoms with van der Waals surface area (Å²) in [6.45, 7) is 3.49. The lowest BCUT2D eigenvalue weighted by atomic mass is 9.94. The highest BCUT2D eigenvalue weighted by atomic mass is 19.4. The van der Waals surface area contributed by atoms with Crippen LogP contribution in [0.15, 0.2) is 29.9 Å². The van der Waals surface area contributed by atoms with Gasteiger partial charge in [0.15, 0.2) is 0 Å². The molecule has 1 unspecified atom stereocenters. The van der Waals surface area contributed by atoms with Crippen LogP contribution in [0.1, 0.15) is 32.4 Å². The van der Waals surface area contributed by atoms with Crippen LogP contribution >= 0.6 is 0 Å². The summed E-state index contributed by atoms with van der Waals surface area (Å²) in [4.78, 5) is 7.30. The van der Waals surface area contributed by atoms with Gasteiger partial charge in [-0.1, -0.05) is 20.3 Å². The summed E-state index contributed by atoms with van der Waals surface area (Å²) in [7, 11) is 0. The van der Waals surface area contributed by atoms with Gasteiger partial charge in [-0.15, -0.1) is 0 Å². The maximum Gasteiger partial charge on any atom is 0.420 e. The van der Waals surface area contributed by atoms with Crippen LogP contribution in [0.4, 0.5) is 13.2 Å². The van der Waals surface area contributed by atoms with E-state index in [-0.39, 0.29) is 11.4 Å². The summed E-state index contributed by atoms with van der Waals surface area (Å²) in [5, 5.41) is 7.75. The zero-order valence-electron chi connectivity index (χ0n) is 11.3. The molecule has 0 aliphatic heterocycles. The second-order valence-corrected chi connectivity index (χ2v) is 4.49. The molecule has 7 heteroatoms. The van der Waals surface area contributed by atoms with Gasteiger partial charge in [-0.2, -0.15) is 13.2 Å². The second kappa shape index (κ2) is 6.49. The fourth-order valence-corrected chi connectivity index (χ4v) is 1.85. The number of aromatic nitrogens is 2. The molecular formula is C13H17F3N4. The highest BCUT2D eigenvalue weighted by Gasteiger charge is 2.40. The molecule has 0 aromatic carbocycles. The Morgan fingerprint density at radius 2 is 2.10 bits per heavy atom. The Labute approximate surface area is 115 Å². The van der Waals surface area contributed by atoms with Crippen molar-refractivity contribution in [1.82, 2.24) is 9.97 Å². The number of nitrogens with zero attached hydrogens (tertiary/aromatic N) is 2. The molecule has 1 atom stereocenters. The fourth-order valence-electron chi connectivity index (χ4n) is 1.85. The van der Waals surface area contributed by atoms with Crippen molar-refractivity contribution < 1.29 is 13.2 Å². The first-order valence-electron chi connectivity index (χ1n) is 6.21. The van der Waals surface area contributed by atoms with E-state index in [1.165, 1.54) is 12.3 Å². The third-order valence-electron chi connectivity index (χ3n) is 2.91. The predicted molar refractivity (Wildman–Crippen MR) is 70.2 cm³/mol. The first-order chi connectivity index (χ1) is 9.29. The van der Waals surface area contributed by atoms with Crippen molar-refractivity contribution in [1.29, 1.82) is 5.41 Å². The number of nitrogens with two attached hydrogens (primary N) is 1. The number of hydrogen-bond acceptors (Lipinski definition) is 4. The molecule has 1 rings (SSSR count). The molecule has 1 aromatic heterocycles. The van der Waals surface area contributed by atoms with Gasteiger partial charge in [0.25, 0.3) is 0 Å². The van der Waals surface area contributed by atoms with Crippen LogP contribution in [-0.4, -0.2) is 21.9 Å². The highest BCUT2D eigenvalue weighted by Crippen LogP contribution is 2.32. The minimum absolute atomic E-state index is 0.0982. The number of halogens is 3. The zero-order valence-corrected chi connectivity index (χ0v) is 11.3. The summed E-state index contributed by atoms with van der Waals surface area (Å²) in [6, 6.07) is 1.26. The van der Waals surface area contributed by atoms with E-state index in [0.29, 0.717) is 12.8 Å². The maximum atomic E-state index is 13.2.